The smallest absolute Gasteiger partial charge is 0.424 e. The first kappa shape index (κ1) is 26.9. The molecule has 0 fully saturated rings. The van der Waals surface area contributed by atoms with Gasteiger partial charge >= 0.3 is 6.18 Å². The molecule has 2 atom stereocenters. The van der Waals surface area contributed by atoms with E-state index >= 15 is 0 Å². The molecule has 2 aromatic heterocycles. The van der Waals surface area contributed by atoms with Crippen LogP contribution in [0, 0.1) is 5.82 Å². The predicted molar refractivity (Wildman–Crippen MR) is 133 cm³/mol. The molecule has 0 saturated heterocycles. The van der Waals surface area contributed by atoms with Gasteiger partial charge in [0.25, 0.3) is 5.91 Å². The van der Waals surface area contributed by atoms with Crippen LogP contribution in [0.4, 0.5) is 17.6 Å². The third-order valence-corrected chi connectivity index (χ3v) is 6.86. The van der Waals surface area contributed by atoms with Crippen molar-refractivity contribution < 1.29 is 37.0 Å². The van der Waals surface area contributed by atoms with Gasteiger partial charge in [-0.1, -0.05) is 0 Å². The number of hydrogen-bond donors (Lipinski definition) is 3. The SMILES string of the molecule is C[C@]1(C(N)=O)COc2c1cc(C(O)(CNC(=O)c1ccc3nccnc3c1)C(F)(F)F)nc2-c1ccc(F)cc1. The summed E-state index contributed by atoms with van der Waals surface area (Å²) >= 11 is 0. The van der Waals surface area contributed by atoms with E-state index in [9.17, 15) is 32.3 Å². The molecule has 5 rings (SSSR count). The molecule has 0 spiro atoms. The molecule has 4 aromatic rings. The maximum atomic E-state index is 14.5. The van der Waals surface area contributed by atoms with Crippen LogP contribution in [-0.4, -0.2) is 51.2 Å². The molecule has 1 unspecified atom stereocenters. The number of aromatic nitrogens is 3. The molecule has 4 N–H and O–H groups in total. The third kappa shape index (κ3) is 4.47. The van der Waals surface area contributed by atoms with E-state index in [4.69, 9.17) is 10.5 Å². The number of fused-ring (bicyclic) bond motifs is 2. The highest BCUT2D eigenvalue weighted by molar-refractivity contribution is 5.97. The number of primary amides is 1. The van der Waals surface area contributed by atoms with Gasteiger partial charge in [-0.3, -0.25) is 19.6 Å². The third-order valence-electron chi connectivity index (χ3n) is 6.86. The van der Waals surface area contributed by atoms with Crippen LogP contribution in [0.5, 0.6) is 5.75 Å². The molecule has 2 amide bonds. The Hall–Kier alpha value is -4.65. The van der Waals surface area contributed by atoms with Crippen molar-refractivity contribution in [3.8, 4) is 17.0 Å². The summed E-state index contributed by atoms with van der Waals surface area (Å²) in [5, 5.41) is 13.2. The molecular formula is C27H21F4N5O4. The number of nitrogens with one attached hydrogen (secondary N) is 1. The average molecular weight is 555 g/mol. The lowest BCUT2D eigenvalue weighted by molar-refractivity contribution is -0.265. The van der Waals surface area contributed by atoms with Crippen molar-refractivity contribution in [3.63, 3.8) is 0 Å². The molecule has 2 aromatic carbocycles. The second kappa shape index (κ2) is 9.52. The van der Waals surface area contributed by atoms with Crippen LogP contribution in [0.3, 0.4) is 0 Å². The van der Waals surface area contributed by atoms with E-state index < -0.39 is 47.1 Å². The van der Waals surface area contributed by atoms with Crippen LogP contribution in [0.2, 0.25) is 0 Å². The summed E-state index contributed by atoms with van der Waals surface area (Å²) in [6.07, 6.45) is -2.49. The maximum absolute atomic E-state index is 14.5. The highest BCUT2D eigenvalue weighted by atomic mass is 19.4. The van der Waals surface area contributed by atoms with E-state index in [1.807, 2.05) is 0 Å². The molecule has 1 aliphatic rings. The van der Waals surface area contributed by atoms with Crippen LogP contribution in [-0.2, 0) is 15.8 Å². The normalized spacial score (nSPS) is 18.1. The Morgan fingerprint density at radius 2 is 1.75 bits per heavy atom. The number of nitrogens with zero attached hydrogens (tertiary/aromatic N) is 3. The lowest BCUT2D eigenvalue weighted by Crippen LogP contribution is -2.51. The topological polar surface area (TPSA) is 140 Å². The van der Waals surface area contributed by atoms with E-state index in [0.29, 0.717) is 11.0 Å². The number of rotatable bonds is 6. The number of ether oxygens (including phenoxy) is 1. The minimum atomic E-state index is -5.33. The minimum absolute atomic E-state index is 0.0128. The van der Waals surface area contributed by atoms with E-state index in [0.717, 1.165) is 18.2 Å². The molecule has 13 heteroatoms. The largest absolute Gasteiger partial charge is 0.489 e. The first-order chi connectivity index (χ1) is 18.8. The van der Waals surface area contributed by atoms with Gasteiger partial charge in [0.05, 0.1) is 23.3 Å². The van der Waals surface area contributed by atoms with Crippen LogP contribution >= 0.6 is 0 Å². The summed E-state index contributed by atoms with van der Waals surface area (Å²) in [4.78, 5) is 37.3. The number of halogens is 4. The Bertz CT molecular complexity index is 1650. The van der Waals surface area contributed by atoms with Crippen molar-refractivity contribution >= 4 is 22.8 Å². The molecule has 3 heterocycles. The van der Waals surface area contributed by atoms with Crippen LogP contribution in [0.15, 0.2) is 60.9 Å². The number of pyridine rings is 1. The number of hydrogen-bond acceptors (Lipinski definition) is 7. The van der Waals surface area contributed by atoms with Gasteiger partial charge in [-0.25, -0.2) is 9.37 Å². The van der Waals surface area contributed by atoms with Crippen LogP contribution < -0.4 is 15.8 Å². The van der Waals surface area contributed by atoms with Crippen molar-refractivity contribution in [1.29, 1.82) is 0 Å². The average Bonchev–Trinajstić information content (AvgIpc) is 3.28. The molecule has 40 heavy (non-hydrogen) atoms. The summed E-state index contributed by atoms with van der Waals surface area (Å²) in [7, 11) is 0. The van der Waals surface area contributed by atoms with Crippen molar-refractivity contribution in [2.24, 2.45) is 5.73 Å². The minimum Gasteiger partial charge on any atom is -0.489 e. The zero-order chi connectivity index (χ0) is 28.9. The Labute approximate surface area is 224 Å². The summed E-state index contributed by atoms with van der Waals surface area (Å²) in [6.45, 7) is -0.226. The molecule has 0 radical (unpaired) electrons. The lowest BCUT2D eigenvalue weighted by Gasteiger charge is -2.31. The number of nitrogens with two attached hydrogens (primary N) is 1. The van der Waals surface area contributed by atoms with E-state index in [1.165, 1.54) is 49.6 Å². The fourth-order valence-corrected chi connectivity index (χ4v) is 4.35. The lowest BCUT2D eigenvalue weighted by atomic mass is 9.81. The molecule has 9 nitrogen and oxygen atoms in total. The molecule has 1 aliphatic heterocycles. The van der Waals surface area contributed by atoms with Gasteiger partial charge in [0, 0.05) is 29.1 Å². The Kier molecular flexibility index (Phi) is 6.41. The van der Waals surface area contributed by atoms with Gasteiger partial charge in [-0.05, 0) is 55.5 Å². The molecule has 0 aliphatic carbocycles. The summed E-state index contributed by atoms with van der Waals surface area (Å²) in [5.74, 6) is -2.42. The maximum Gasteiger partial charge on any atom is 0.424 e. The predicted octanol–water partition coefficient (Wildman–Crippen LogP) is 3.15. The Morgan fingerprint density at radius 1 is 1.07 bits per heavy atom. The van der Waals surface area contributed by atoms with E-state index in [-0.39, 0.29) is 34.7 Å². The monoisotopic (exact) mass is 555 g/mol. The summed E-state index contributed by atoms with van der Waals surface area (Å²) < 4.78 is 62.7. The second-order valence-electron chi connectivity index (χ2n) is 9.53. The number of alkyl halides is 3. The highest BCUT2D eigenvalue weighted by Gasteiger charge is 2.57. The number of carbonyl (C=O) groups is 2. The van der Waals surface area contributed by atoms with Gasteiger partial charge in [0.2, 0.25) is 11.5 Å². The number of carbonyl (C=O) groups excluding carboxylic acids is 2. The summed E-state index contributed by atoms with van der Waals surface area (Å²) in [5.41, 5.74) is 0.158. The first-order valence-electron chi connectivity index (χ1n) is 11.9. The summed E-state index contributed by atoms with van der Waals surface area (Å²) in [6, 6.07) is 9.75. The standard InChI is InChI=1S/C27H21F4N5O4/c1-25(24(32)38)13-40-22-17(25)11-20(36-21(22)14-2-5-16(28)6-3-14)26(39,27(29,30)31)12-35-23(37)15-4-7-18-19(10-15)34-9-8-33-18/h2-11,39H,12-13H2,1H3,(H2,32,38)(H,35,37)/t25-,26?/m0/s1. The second-order valence-corrected chi connectivity index (χ2v) is 9.53. The van der Waals surface area contributed by atoms with Crippen molar-refractivity contribution in [2.75, 3.05) is 13.2 Å². The molecule has 0 saturated carbocycles. The van der Waals surface area contributed by atoms with Gasteiger partial charge in [0.15, 0.2) is 0 Å². The molecule has 0 bridgehead atoms. The number of amides is 2. The quantitative estimate of drug-likeness (QED) is 0.311. The Balaban J connectivity index is 1.58. The van der Waals surface area contributed by atoms with Gasteiger partial charge in [0.1, 0.15) is 29.3 Å². The van der Waals surface area contributed by atoms with Crippen molar-refractivity contribution in [2.45, 2.75) is 24.1 Å². The van der Waals surface area contributed by atoms with Crippen LogP contribution in [0.1, 0.15) is 28.5 Å². The van der Waals surface area contributed by atoms with E-state index in [1.54, 1.807) is 0 Å². The zero-order valence-corrected chi connectivity index (χ0v) is 20.8. The van der Waals surface area contributed by atoms with Crippen LogP contribution in [0.25, 0.3) is 22.3 Å². The van der Waals surface area contributed by atoms with Gasteiger partial charge in [-0.2, -0.15) is 13.2 Å². The highest BCUT2D eigenvalue weighted by Crippen LogP contribution is 2.47. The molecular weight excluding hydrogens is 534 g/mol. The van der Waals surface area contributed by atoms with Gasteiger partial charge in [-0.15, -0.1) is 0 Å². The van der Waals surface area contributed by atoms with Gasteiger partial charge < -0.3 is 20.9 Å². The van der Waals surface area contributed by atoms with Crippen molar-refractivity contribution in [1.82, 2.24) is 20.3 Å². The fourth-order valence-electron chi connectivity index (χ4n) is 4.35. The van der Waals surface area contributed by atoms with E-state index in [2.05, 4.69) is 20.3 Å². The number of benzene rings is 2. The van der Waals surface area contributed by atoms with Crippen molar-refractivity contribution in [3.05, 3.63) is 83.6 Å². The Morgan fingerprint density at radius 3 is 2.40 bits per heavy atom. The first-order valence-corrected chi connectivity index (χ1v) is 11.9. The fraction of sp³-hybridized carbons (Fsp3) is 0.222. The number of aliphatic hydroxyl groups is 1. The zero-order valence-electron chi connectivity index (χ0n) is 20.8. The molecule has 206 valence electrons.